The Labute approximate surface area is 162 Å². The number of ether oxygens (including phenoxy) is 2. The van der Waals surface area contributed by atoms with Gasteiger partial charge in [-0.15, -0.1) is 0 Å². The van der Waals surface area contributed by atoms with Crippen LogP contribution in [-0.4, -0.2) is 28.1 Å². The lowest BCUT2D eigenvalue weighted by atomic mass is 10.1. The van der Waals surface area contributed by atoms with Crippen molar-refractivity contribution in [2.24, 2.45) is 0 Å². The van der Waals surface area contributed by atoms with Crippen LogP contribution in [0.1, 0.15) is 12.5 Å². The summed E-state index contributed by atoms with van der Waals surface area (Å²) in [4.78, 5) is 29.0. The number of H-pyrrole nitrogens is 1. The van der Waals surface area contributed by atoms with Crippen LogP contribution in [0.5, 0.6) is 11.5 Å². The maximum Gasteiger partial charge on any atom is 0.387 e. The minimum atomic E-state index is -2.99. The van der Waals surface area contributed by atoms with Gasteiger partial charge in [-0.05, 0) is 30.7 Å². The molecule has 29 heavy (non-hydrogen) atoms. The lowest BCUT2D eigenvalue weighted by Crippen LogP contribution is -2.09. The van der Waals surface area contributed by atoms with Crippen molar-refractivity contribution in [2.45, 2.75) is 20.1 Å². The quantitative estimate of drug-likeness (QED) is 0.434. The molecule has 0 saturated carbocycles. The van der Waals surface area contributed by atoms with E-state index in [1.807, 2.05) is 0 Å². The zero-order chi connectivity index (χ0) is 21.0. The fourth-order valence-electron chi connectivity index (χ4n) is 2.72. The van der Waals surface area contributed by atoms with Gasteiger partial charge in [0.05, 0.1) is 28.8 Å². The molecule has 2 aromatic carbocycles. The first-order valence-corrected chi connectivity index (χ1v) is 8.49. The van der Waals surface area contributed by atoms with Crippen LogP contribution in [0.3, 0.4) is 0 Å². The molecule has 0 saturated heterocycles. The first-order valence-electron chi connectivity index (χ1n) is 8.49. The summed E-state index contributed by atoms with van der Waals surface area (Å²) in [6.45, 7) is -0.921. The van der Waals surface area contributed by atoms with E-state index >= 15 is 0 Å². The van der Waals surface area contributed by atoms with Crippen molar-refractivity contribution < 1.29 is 23.2 Å². The Bertz CT molecular complexity index is 1100. The minimum Gasteiger partial charge on any atom is -0.490 e. The van der Waals surface area contributed by atoms with E-state index in [1.165, 1.54) is 30.6 Å². The number of fused-ring (bicyclic) bond motifs is 1. The molecule has 0 unspecified atom stereocenters. The Balaban J connectivity index is 1.90. The molecule has 3 aromatic rings. The van der Waals surface area contributed by atoms with Gasteiger partial charge in [-0.1, -0.05) is 6.07 Å². The molecule has 0 spiro atoms. The van der Waals surface area contributed by atoms with Crippen LogP contribution in [0, 0.1) is 10.1 Å². The van der Waals surface area contributed by atoms with Crippen LogP contribution in [0.4, 0.5) is 20.2 Å². The smallest absolute Gasteiger partial charge is 0.387 e. The Kier molecular flexibility index (Phi) is 5.86. The number of aromatic nitrogens is 2. The standard InChI is InChI=1S/C18H16F2N4O5/c1-2-28-16-5-10(3-4-15(16)29-18(19)20)8-21-13-7-12-11(6-14(13)24(26)27)17(25)23-9-22-12/h3-7,9,18,21H,2,8H2,1H3,(H,22,23,25). The van der Waals surface area contributed by atoms with Crippen molar-refractivity contribution in [3.05, 3.63) is 62.7 Å². The number of hydrogen-bond donors (Lipinski definition) is 2. The molecule has 152 valence electrons. The van der Waals surface area contributed by atoms with Gasteiger partial charge in [-0.25, -0.2) is 4.98 Å². The third-order valence-corrected chi connectivity index (χ3v) is 3.96. The van der Waals surface area contributed by atoms with Crippen LogP contribution in [0.25, 0.3) is 10.9 Å². The van der Waals surface area contributed by atoms with Crippen LogP contribution < -0.4 is 20.3 Å². The predicted octanol–water partition coefficient (Wildman–Crippen LogP) is 3.44. The number of hydrogen-bond acceptors (Lipinski definition) is 7. The first kappa shape index (κ1) is 20.0. The summed E-state index contributed by atoms with van der Waals surface area (Å²) < 4.78 is 34.7. The number of nitro benzene ring substituents is 1. The number of rotatable bonds is 8. The minimum absolute atomic E-state index is 0.0943. The first-order chi connectivity index (χ1) is 13.9. The highest BCUT2D eigenvalue weighted by Crippen LogP contribution is 2.32. The lowest BCUT2D eigenvalue weighted by molar-refractivity contribution is -0.383. The fourth-order valence-corrected chi connectivity index (χ4v) is 2.72. The molecule has 0 aliphatic carbocycles. The molecule has 3 rings (SSSR count). The number of nitro groups is 1. The highest BCUT2D eigenvalue weighted by molar-refractivity contribution is 5.86. The molecule has 2 N–H and O–H groups in total. The number of benzene rings is 2. The van der Waals surface area contributed by atoms with E-state index in [0.29, 0.717) is 5.56 Å². The van der Waals surface area contributed by atoms with Gasteiger partial charge in [-0.3, -0.25) is 14.9 Å². The number of alkyl halides is 2. The van der Waals surface area contributed by atoms with Crippen LogP contribution in [0.15, 0.2) is 41.5 Å². The largest absolute Gasteiger partial charge is 0.490 e. The Morgan fingerprint density at radius 3 is 2.76 bits per heavy atom. The van der Waals surface area contributed by atoms with Crippen LogP contribution in [-0.2, 0) is 6.54 Å². The normalized spacial score (nSPS) is 10.9. The summed E-state index contributed by atoms with van der Waals surface area (Å²) >= 11 is 0. The number of halogens is 2. The predicted molar refractivity (Wildman–Crippen MR) is 101 cm³/mol. The highest BCUT2D eigenvalue weighted by Gasteiger charge is 2.18. The molecule has 0 aliphatic heterocycles. The monoisotopic (exact) mass is 406 g/mol. The van der Waals surface area contributed by atoms with Gasteiger partial charge >= 0.3 is 6.61 Å². The summed E-state index contributed by atoms with van der Waals surface area (Å²) in [6.07, 6.45) is 1.20. The van der Waals surface area contributed by atoms with E-state index in [2.05, 4.69) is 20.0 Å². The van der Waals surface area contributed by atoms with Crippen LogP contribution in [0.2, 0.25) is 0 Å². The Hall–Kier alpha value is -3.76. The highest BCUT2D eigenvalue weighted by atomic mass is 19.3. The zero-order valence-corrected chi connectivity index (χ0v) is 15.1. The molecule has 9 nitrogen and oxygen atoms in total. The van der Waals surface area contributed by atoms with Crippen molar-refractivity contribution >= 4 is 22.3 Å². The average molecular weight is 406 g/mol. The molecule has 1 heterocycles. The Morgan fingerprint density at radius 1 is 1.28 bits per heavy atom. The summed E-state index contributed by atoms with van der Waals surface area (Å²) in [5.74, 6) is 0.0269. The second-order valence-corrected chi connectivity index (χ2v) is 5.82. The molecule has 0 amide bonds. The van der Waals surface area contributed by atoms with E-state index in [0.717, 1.165) is 6.07 Å². The van der Waals surface area contributed by atoms with Gasteiger partial charge in [0.15, 0.2) is 11.5 Å². The molecule has 0 atom stereocenters. The number of nitrogens with one attached hydrogen (secondary N) is 2. The summed E-state index contributed by atoms with van der Waals surface area (Å²) in [6, 6.07) is 6.92. The van der Waals surface area contributed by atoms with Gasteiger partial charge in [0, 0.05) is 12.6 Å². The van der Waals surface area contributed by atoms with Crippen molar-refractivity contribution in [1.29, 1.82) is 0 Å². The maximum atomic E-state index is 12.5. The summed E-state index contributed by atoms with van der Waals surface area (Å²) in [7, 11) is 0. The molecule has 11 heteroatoms. The number of anilines is 1. The molecular formula is C18H16F2N4O5. The van der Waals surface area contributed by atoms with Gasteiger partial charge in [0.1, 0.15) is 5.69 Å². The molecule has 0 aliphatic rings. The van der Waals surface area contributed by atoms with E-state index in [4.69, 9.17) is 4.74 Å². The van der Waals surface area contributed by atoms with Crippen LogP contribution >= 0.6 is 0 Å². The molecule has 0 radical (unpaired) electrons. The molecular weight excluding hydrogens is 390 g/mol. The van der Waals surface area contributed by atoms with Crippen molar-refractivity contribution in [3.63, 3.8) is 0 Å². The SMILES string of the molecule is CCOc1cc(CNc2cc3nc[nH]c(=O)c3cc2[N+](=O)[O-])ccc1OC(F)F. The second-order valence-electron chi connectivity index (χ2n) is 5.82. The third kappa shape index (κ3) is 4.57. The van der Waals surface area contributed by atoms with E-state index < -0.39 is 17.1 Å². The maximum absolute atomic E-state index is 12.5. The number of nitrogens with zero attached hydrogens (tertiary/aromatic N) is 2. The second kappa shape index (κ2) is 8.50. The zero-order valence-electron chi connectivity index (χ0n) is 15.1. The average Bonchev–Trinajstić information content (AvgIpc) is 2.67. The topological polar surface area (TPSA) is 119 Å². The van der Waals surface area contributed by atoms with Gasteiger partial charge < -0.3 is 19.8 Å². The third-order valence-electron chi connectivity index (χ3n) is 3.96. The van der Waals surface area contributed by atoms with Gasteiger partial charge in [0.25, 0.3) is 11.2 Å². The summed E-state index contributed by atoms with van der Waals surface area (Å²) in [5, 5.41) is 14.4. The molecule has 1 aromatic heterocycles. The van der Waals surface area contributed by atoms with E-state index in [1.54, 1.807) is 6.92 Å². The number of aromatic amines is 1. The fraction of sp³-hybridized carbons (Fsp3) is 0.222. The van der Waals surface area contributed by atoms with Crippen molar-refractivity contribution in [2.75, 3.05) is 11.9 Å². The van der Waals surface area contributed by atoms with Crippen molar-refractivity contribution in [1.82, 2.24) is 9.97 Å². The summed E-state index contributed by atoms with van der Waals surface area (Å²) in [5.41, 5.74) is 0.284. The van der Waals surface area contributed by atoms with E-state index in [-0.39, 0.29) is 46.9 Å². The van der Waals surface area contributed by atoms with Gasteiger partial charge in [-0.2, -0.15) is 8.78 Å². The Morgan fingerprint density at radius 2 is 2.07 bits per heavy atom. The van der Waals surface area contributed by atoms with Gasteiger partial charge in [0.2, 0.25) is 0 Å². The molecule has 0 bridgehead atoms. The lowest BCUT2D eigenvalue weighted by Gasteiger charge is -2.13. The molecule has 0 fully saturated rings. The van der Waals surface area contributed by atoms with Crippen molar-refractivity contribution in [3.8, 4) is 11.5 Å². The van der Waals surface area contributed by atoms with E-state index in [9.17, 15) is 23.7 Å².